The fraction of sp³-hybridized carbons (Fsp3) is 0.286. The van der Waals surface area contributed by atoms with E-state index in [0.29, 0.717) is 12.4 Å². The zero-order valence-corrected chi connectivity index (χ0v) is 7.14. The number of aryl methyl sites for hydroxylation is 1. The third-order valence-electron chi connectivity index (χ3n) is 1.25. The quantitative estimate of drug-likeness (QED) is 0.614. The van der Waals surface area contributed by atoms with Gasteiger partial charge in [0, 0.05) is 19.3 Å². The Morgan fingerprint density at radius 2 is 2.62 bits per heavy atom. The molecule has 0 saturated heterocycles. The minimum Gasteiger partial charge on any atom is -0.478 e. The highest BCUT2D eigenvalue weighted by molar-refractivity contribution is 5.79. The van der Waals surface area contributed by atoms with Crippen molar-refractivity contribution in [2.24, 2.45) is 7.05 Å². The van der Waals surface area contributed by atoms with E-state index in [4.69, 9.17) is 5.11 Å². The minimum absolute atomic E-state index is 0.421. The normalized spacial score (nSPS) is 10.5. The predicted octanol–water partition coefficient (Wildman–Crippen LogP) is -0.497. The van der Waals surface area contributed by atoms with Crippen LogP contribution in [-0.2, 0) is 18.4 Å². The Morgan fingerprint density at radius 3 is 3.15 bits per heavy atom. The number of carboxylic acids is 1. The van der Waals surface area contributed by atoms with Crippen LogP contribution in [0, 0.1) is 0 Å². The molecule has 6 heteroatoms. The molecule has 0 aromatic carbocycles. The van der Waals surface area contributed by atoms with Gasteiger partial charge in [-0.05, 0) is 0 Å². The number of aromatic nitrogens is 3. The highest BCUT2D eigenvalue weighted by Crippen LogP contribution is 1.85. The molecule has 13 heavy (non-hydrogen) atoms. The van der Waals surface area contributed by atoms with Crippen molar-refractivity contribution in [3.05, 3.63) is 24.4 Å². The first-order valence-electron chi connectivity index (χ1n) is 3.66. The third-order valence-corrected chi connectivity index (χ3v) is 1.25. The van der Waals surface area contributed by atoms with Crippen LogP contribution >= 0.6 is 0 Å². The Bertz CT molecular complexity index is 318. The molecule has 1 rings (SSSR count). The van der Waals surface area contributed by atoms with Crippen molar-refractivity contribution in [2.75, 3.05) is 0 Å². The lowest BCUT2D eigenvalue weighted by molar-refractivity contribution is -0.131. The molecule has 2 N–H and O–H groups in total. The lowest BCUT2D eigenvalue weighted by Crippen LogP contribution is -2.07. The van der Waals surface area contributed by atoms with Gasteiger partial charge in [0.2, 0.25) is 0 Å². The predicted molar refractivity (Wildman–Crippen MR) is 44.6 cm³/mol. The van der Waals surface area contributed by atoms with Gasteiger partial charge in [-0.25, -0.2) is 9.78 Å². The summed E-state index contributed by atoms with van der Waals surface area (Å²) < 4.78 is 1.58. The van der Waals surface area contributed by atoms with E-state index in [1.165, 1.54) is 6.20 Å². The Labute approximate surface area is 74.9 Å². The van der Waals surface area contributed by atoms with Crippen molar-refractivity contribution in [3.63, 3.8) is 0 Å². The maximum absolute atomic E-state index is 10.1. The first-order chi connectivity index (χ1) is 6.18. The molecule has 0 aliphatic carbocycles. The minimum atomic E-state index is -0.985. The van der Waals surface area contributed by atoms with E-state index < -0.39 is 5.97 Å². The number of hydrogen-bond acceptors (Lipinski definition) is 4. The zero-order valence-electron chi connectivity index (χ0n) is 7.14. The van der Waals surface area contributed by atoms with Crippen molar-refractivity contribution in [3.8, 4) is 0 Å². The van der Waals surface area contributed by atoms with Gasteiger partial charge in [-0.1, -0.05) is 0 Å². The van der Waals surface area contributed by atoms with E-state index in [9.17, 15) is 4.79 Å². The van der Waals surface area contributed by atoms with Crippen LogP contribution in [0.15, 0.2) is 18.6 Å². The fourth-order valence-corrected chi connectivity index (χ4v) is 0.745. The molecule has 1 heterocycles. The molecule has 0 atom stereocenters. The van der Waals surface area contributed by atoms with E-state index >= 15 is 0 Å². The van der Waals surface area contributed by atoms with E-state index in [0.717, 1.165) is 6.08 Å². The standard InChI is InChI=1S/C7H10N4O2/c1-11-5-9-6(10-11)4-8-3-2-7(12)13/h2-3,5,8H,4H2,1H3,(H,12,13)/b3-2+. The Kier molecular flexibility index (Phi) is 3.02. The number of carboxylic acid groups (broad SMARTS) is 1. The van der Waals surface area contributed by atoms with E-state index in [1.807, 2.05) is 0 Å². The van der Waals surface area contributed by atoms with Crippen LogP contribution in [0.25, 0.3) is 0 Å². The van der Waals surface area contributed by atoms with Crippen molar-refractivity contribution in [1.82, 2.24) is 20.1 Å². The monoisotopic (exact) mass is 182 g/mol. The molecule has 0 amide bonds. The van der Waals surface area contributed by atoms with Crippen LogP contribution in [0.2, 0.25) is 0 Å². The summed E-state index contributed by atoms with van der Waals surface area (Å²) in [4.78, 5) is 14.0. The molecule has 0 unspecified atom stereocenters. The molecule has 0 spiro atoms. The zero-order chi connectivity index (χ0) is 9.68. The molecule has 1 aromatic rings. The summed E-state index contributed by atoms with van der Waals surface area (Å²) >= 11 is 0. The molecule has 0 aliphatic heterocycles. The largest absolute Gasteiger partial charge is 0.478 e. The van der Waals surface area contributed by atoms with Crippen LogP contribution in [0.4, 0.5) is 0 Å². The molecular weight excluding hydrogens is 172 g/mol. The Hall–Kier alpha value is -1.85. The van der Waals surface area contributed by atoms with Gasteiger partial charge < -0.3 is 10.4 Å². The summed E-state index contributed by atoms with van der Waals surface area (Å²) in [5.74, 6) is -0.362. The first-order valence-corrected chi connectivity index (χ1v) is 3.66. The van der Waals surface area contributed by atoms with Crippen molar-refractivity contribution in [1.29, 1.82) is 0 Å². The molecule has 0 radical (unpaired) electrons. The molecule has 0 bridgehead atoms. The maximum Gasteiger partial charge on any atom is 0.329 e. The summed E-state index contributed by atoms with van der Waals surface area (Å²) in [5.41, 5.74) is 0. The van der Waals surface area contributed by atoms with Gasteiger partial charge in [-0.3, -0.25) is 4.68 Å². The van der Waals surface area contributed by atoms with Crippen LogP contribution < -0.4 is 5.32 Å². The van der Waals surface area contributed by atoms with Gasteiger partial charge in [0.15, 0.2) is 5.82 Å². The van der Waals surface area contributed by atoms with Gasteiger partial charge in [0.1, 0.15) is 6.33 Å². The number of carbonyl (C=O) groups is 1. The average Bonchev–Trinajstić information content (AvgIpc) is 2.45. The highest BCUT2D eigenvalue weighted by atomic mass is 16.4. The number of nitrogens with zero attached hydrogens (tertiary/aromatic N) is 3. The van der Waals surface area contributed by atoms with Crippen molar-refractivity contribution >= 4 is 5.97 Å². The molecule has 1 aromatic heterocycles. The van der Waals surface area contributed by atoms with Crippen molar-refractivity contribution in [2.45, 2.75) is 6.54 Å². The van der Waals surface area contributed by atoms with Crippen LogP contribution in [0.5, 0.6) is 0 Å². The van der Waals surface area contributed by atoms with Gasteiger partial charge >= 0.3 is 5.97 Å². The Morgan fingerprint density at radius 1 is 1.85 bits per heavy atom. The molecule has 0 aliphatic rings. The van der Waals surface area contributed by atoms with Crippen LogP contribution in [0.1, 0.15) is 5.82 Å². The topological polar surface area (TPSA) is 80.0 Å². The summed E-state index contributed by atoms with van der Waals surface area (Å²) in [5, 5.41) is 15.0. The summed E-state index contributed by atoms with van der Waals surface area (Å²) in [6, 6.07) is 0. The maximum atomic E-state index is 10.1. The Balaban J connectivity index is 2.31. The number of aliphatic carboxylic acids is 1. The lowest BCUT2D eigenvalue weighted by atomic mass is 10.5. The number of hydrogen-bond donors (Lipinski definition) is 2. The van der Waals surface area contributed by atoms with Gasteiger partial charge in [0.25, 0.3) is 0 Å². The second kappa shape index (κ2) is 4.24. The highest BCUT2D eigenvalue weighted by Gasteiger charge is 1.94. The van der Waals surface area contributed by atoms with E-state index in [1.54, 1.807) is 18.1 Å². The summed E-state index contributed by atoms with van der Waals surface area (Å²) in [7, 11) is 1.77. The molecule has 6 nitrogen and oxygen atoms in total. The van der Waals surface area contributed by atoms with Crippen LogP contribution in [0.3, 0.4) is 0 Å². The second-order valence-corrected chi connectivity index (χ2v) is 2.39. The van der Waals surface area contributed by atoms with E-state index in [2.05, 4.69) is 15.4 Å². The molecule has 0 fully saturated rings. The second-order valence-electron chi connectivity index (χ2n) is 2.39. The van der Waals surface area contributed by atoms with Crippen LogP contribution in [-0.4, -0.2) is 25.8 Å². The molecule has 0 saturated carbocycles. The SMILES string of the molecule is Cn1cnc(CN/C=C/C(=O)O)n1. The molecular formula is C7H10N4O2. The molecule has 70 valence electrons. The number of nitrogens with one attached hydrogen (secondary N) is 1. The average molecular weight is 182 g/mol. The lowest BCUT2D eigenvalue weighted by Gasteiger charge is -1.93. The summed E-state index contributed by atoms with van der Waals surface area (Å²) in [6.07, 6.45) is 3.94. The van der Waals surface area contributed by atoms with Gasteiger partial charge in [0.05, 0.1) is 6.54 Å². The summed E-state index contributed by atoms with van der Waals surface area (Å²) in [6.45, 7) is 0.421. The van der Waals surface area contributed by atoms with Crippen molar-refractivity contribution < 1.29 is 9.90 Å². The smallest absolute Gasteiger partial charge is 0.329 e. The number of rotatable bonds is 4. The van der Waals surface area contributed by atoms with E-state index in [-0.39, 0.29) is 0 Å². The van der Waals surface area contributed by atoms with Gasteiger partial charge in [-0.2, -0.15) is 5.10 Å². The van der Waals surface area contributed by atoms with Gasteiger partial charge in [-0.15, -0.1) is 0 Å². The fourth-order valence-electron chi connectivity index (χ4n) is 0.745. The third kappa shape index (κ3) is 3.37. The first kappa shape index (κ1) is 9.24.